The van der Waals surface area contributed by atoms with Crippen molar-refractivity contribution in [1.29, 1.82) is 0 Å². The zero-order valence-corrected chi connectivity index (χ0v) is 3.21. The number of hydrogen-bond donors (Lipinski definition) is 1. The molecule has 0 bridgehead atoms. The number of nitrogens with two attached hydrogens (primary N) is 1. The van der Waals surface area contributed by atoms with Gasteiger partial charge >= 0.3 is 5.24 Å². The van der Waals surface area contributed by atoms with Gasteiger partial charge in [-0.2, -0.15) is 0 Å². The van der Waals surface area contributed by atoms with Crippen molar-refractivity contribution in [2.75, 3.05) is 0 Å². The van der Waals surface area contributed by atoms with Crippen LogP contribution in [0.1, 0.15) is 0 Å². The van der Waals surface area contributed by atoms with Crippen LogP contribution in [-0.2, 0) is 0 Å². The minimum Gasteiger partial charge on any atom is -0.269 e. The lowest BCUT2D eigenvalue weighted by atomic mass is 11.5. The van der Waals surface area contributed by atoms with Crippen molar-refractivity contribution in [2.45, 2.75) is 0 Å². The van der Waals surface area contributed by atoms with E-state index in [4.69, 9.17) is 5.73 Å². The molecule has 29 valence electrons. The van der Waals surface area contributed by atoms with Crippen molar-refractivity contribution in [2.24, 2.45) is 5.14 Å². The Balaban J connectivity index is 2.85. The van der Waals surface area contributed by atoms with Crippen LogP contribution in [0.15, 0.2) is 0 Å². The van der Waals surface area contributed by atoms with Crippen molar-refractivity contribution < 1.29 is 4.79 Å². The zero-order chi connectivity index (χ0) is 4.28. The summed E-state index contributed by atoms with van der Waals surface area (Å²) in [5, 5.41) is 3.75. The normalized spacial score (nSPS) is 7.40. The standard InChI is InChI=1S/CH3N2OS/c2-1(4)5-3/h2H,3H2. The first-order valence-corrected chi connectivity index (χ1v) is 1.77. The van der Waals surface area contributed by atoms with Crippen molar-refractivity contribution in [3.63, 3.8) is 0 Å². The highest BCUT2D eigenvalue weighted by atomic mass is 32.2. The Morgan fingerprint density at radius 1 is 2.00 bits per heavy atom. The van der Waals surface area contributed by atoms with E-state index in [2.05, 4.69) is 5.14 Å². The van der Waals surface area contributed by atoms with Crippen LogP contribution in [0.4, 0.5) is 4.79 Å². The second kappa shape index (κ2) is 2.04. The largest absolute Gasteiger partial charge is 0.312 e. The molecule has 0 aliphatic heterocycles. The number of amides is 1. The third-order valence-electron chi connectivity index (χ3n) is 0.107. The molecule has 0 aromatic heterocycles. The van der Waals surface area contributed by atoms with Crippen LogP contribution in [0.5, 0.6) is 0 Å². The van der Waals surface area contributed by atoms with Gasteiger partial charge in [0.05, 0.1) is 0 Å². The Hall–Kier alpha value is -0.220. The molecule has 4 heteroatoms. The van der Waals surface area contributed by atoms with Crippen molar-refractivity contribution in [1.82, 2.24) is 5.73 Å². The average Bonchev–Trinajstić information content (AvgIpc) is 1.38. The lowest BCUT2D eigenvalue weighted by Crippen LogP contribution is -1.90. The second-order valence-corrected chi connectivity index (χ2v) is 1.01. The maximum Gasteiger partial charge on any atom is 0.312 e. The molecule has 5 heavy (non-hydrogen) atoms. The SMILES string of the molecule is [NH]C(=O)SN. The molecule has 0 rings (SSSR count). The highest BCUT2D eigenvalue weighted by Gasteiger charge is 1.81. The first kappa shape index (κ1) is 4.78. The maximum absolute atomic E-state index is 9.32. The highest BCUT2D eigenvalue weighted by Crippen LogP contribution is 1.80. The van der Waals surface area contributed by atoms with Gasteiger partial charge in [-0.1, -0.05) is 0 Å². The van der Waals surface area contributed by atoms with Crippen LogP contribution < -0.4 is 10.9 Å². The molecule has 0 saturated heterocycles. The van der Waals surface area contributed by atoms with E-state index in [9.17, 15) is 4.79 Å². The first-order chi connectivity index (χ1) is 2.27. The van der Waals surface area contributed by atoms with E-state index in [1.54, 1.807) is 0 Å². The zero-order valence-electron chi connectivity index (χ0n) is 2.39. The Kier molecular flexibility index (Phi) is 1.95. The molecule has 0 heterocycles. The lowest BCUT2D eigenvalue weighted by Gasteiger charge is -1.70. The molecule has 0 saturated carbocycles. The minimum absolute atomic E-state index is 0.407. The van der Waals surface area contributed by atoms with E-state index in [1.807, 2.05) is 0 Å². The van der Waals surface area contributed by atoms with E-state index >= 15 is 0 Å². The molecule has 3 N–H and O–H groups in total. The monoisotopic (exact) mass is 91.0 g/mol. The smallest absolute Gasteiger partial charge is 0.269 e. The number of carbonyl (C=O) groups excluding carboxylic acids is 1. The summed E-state index contributed by atoms with van der Waals surface area (Å²) in [6.07, 6.45) is 0. The number of hydrogen-bond acceptors (Lipinski definition) is 3. The van der Waals surface area contributed by atoms with Gasteiger partial charge in [-0.15, -0.1) is 0 Å². The van der Waals surface area contributed by atoms with Crippen LogP contribution in [0, 0.1) is 0 Å². The van der Waals surface area contributed by atoms with Gasteiger partial charge in [0.2, 0.25) is 0 Å². The third kappa shape index (κ3) is 3.78. The Labute approximate surface area is 33.8 Å². The topological polar surface area (TPSA) is 66.9 Å². The predicted molar refractivity (Wildman–Crippen MR) is 20.3 cm³/mol. The van der Waals surface area contributed by atoms with Crippen LogP contribution in [0.3, 0.4) is 0 Å². The first-order valence-electron chi connectivity index (χ1n) is 0.894. The molecular formula is CH3N2OS. The third-order valence-corrected chi connectivity index (χ3v) is 0.321. The second-order valence-electron chi connectivity index (χ2n) is 0.405. The minimum atomic E-state index is -0.801. The average molecular weight is 91.1 g/mol. The molecule has 1 radical (unpaired) electrons. The molecular weight excluding hydrogens is 88.1 g/mol. The lowest BCUT2D eigenvalue weighted by molar-refractivity contribution is 0.266. The molecule has 0 spiro atoms. The molecule has 0 aromatic rings. The van der Waals surface area contributed by atoms with Crippen molar-refractivity contribution >= 4 is 17.2 Å². The Bertz CT molecular complexity index is 44.9. The molecule has 0 unspecified atom stereocenters. The van der Waals surface area contributed by atoms with E-state index < -0.39 is 5.24 Å². The van der Waals surface area contributed by atoms with Gasteiger partial charge in [0, 0.05) is 11.9 Å². The number of carbonyl (C=O) groups is 1. The molecule has 3 nitrogen and oxygen atoms in total. The molecule has 0 atom stereocenters. The Morgan fingerprint density at radius 3 is 2.20 bits per heavy atom. The summed E-state index contributed by atoms with van der Waals surface area (Å²) in [7, 11) is 0. The molecule has 1 amide bonds. The molecule has 0 fully saturated rings. The van der Waals surface area contributed by atoms with Gasteiger partial charge in [-0.25, -0.2) is 0 Å². The fourth-order valence-electron chi connectivity index (χ4n) is 0. The summed E-state index contributed by atoms with van der Waals surface area (Å²) in [6, 6.07) is 0. The van der Waals surface area contributed by atoms with E-state index in [0.29, 0.717) is 11.9 Å². The fraction of sp³-hybridized carbons (Fsp3) is 0. The molecule has 0 aliphatic rings. The summed E-state index contributed by atoms with van der Waals surface area (Å²) in [6.45, 7) is 0. The summed E-state index contributed by atoms with van der Waals surface area (Å²) in [4.78, 5) is 9.32. The van der Waals surface area contributed by atoms with Crippen molar-refractivity contribution in [3.05, 3.63) is 0 Å². The highest BCUT2D eigenvalue weighted by molar-refractivity contribution is 8.11. The quantitative estimate of drug-likeness (QED) is 0.426. The maximum atomic E-state index is 9.32. The Morgan fingerprint density at radius 2 is 2.20 bits per heavy atom. The van der Waals surface area contributed by atoms with Gasteiger partial charge in [0.15, 0.2) is 0 Å². The molecule has 0 aliphatic carbocycles. The number of nitrogens with one attached hydrogen (secondary N) is 1. The van der Waals surface area contributed by atoms with E-state index in [1.165, 1.54) is 0 Å². The van der Waals surface area contributed by atoms with Gasteiger partial charge in [0.25, 0.3) is 0 Å². The van der Waals surface area contributed by atoms with E-state index in [0.717, 1.165) is 0 Å². The van der Waals surface area contributed by atoms with Gasteiger partial charge in [0.1, 0.15) is 0 Å². The predicted octanol–water partition coefficient (Wildman–Crippen LogP) is -0.00380. The summed E-state index contributed by atoms with van der Waals surface area (Å²) in [5.74, 6) is 0. The van der Waals surface area contributed by atoms with Gasteiger partial charge in [-0.05, 0) is 0 Å². The van der Waals surface area contributed by atoms with Crippen LogP contribution in [-0.4, -0.2) is 5.24 Å². The van der Waals surface area contributed by atoms with Crippen LogP contribution in [0.25, 0.3) is 0 Å². The number of rotatable bonds is 0. The fourth-order valence-corrected chi connectivity index (χ4v) is 0. The molecule has 0 aromatic carbocycles. The van der Waals surface area contributed by atoms with E-state index in [-0.39, 0.29) is 0 Å². The van der Waals surface area contributed by atoms with Crippen LogP contribution >= 0.6 is 11.9 Å². The van der Waals surface area contributed by atoms with Gasteiger partial charge in [-0.3, -0.25) is 15.7 Å². The summed E-state index contributed by atoms with van der Waals surface area (Å²) < 4.78 is 0. The van der Waals surface area contributed by atoms with Crippen LogP contribution in [0.2, 0.25) is 0 Å². The van der Waals surface area contributed by atoms with Gasteiger partial charge < -0.3 is 0 Å². The van der Waals surface area contributed by atoms with Crippen molar-refractivity contribution in [3.8, 4) is 0 Å². The summed E-state index contributed by atoms with van der Waals surface area (Å²) in [5.41, 5.74) is 6.03. The summed E-state index contributed by atoms with van der Waals surface area (Å²) >= 11 is 0.407.